The van der Waals surface area contributed by atoms with Gasteiger partial charge in [0.05, 0.1) is 0 Å². The van der Waals surface area contributed by atoms with Gasteiger partial charge in [0.25, 0.3) is 0 Å². The average molecular weight is 391 g/mol. The Bertz CT molecular complexity index is 756. The lowest BCUT2D eigenvalue weighted by Crippen LogP contribution is -2.17. The fourth-order valence-corrected chi connectivity index (χ4v) is 5.30. The number of thiophene rings is 1. The number of halogens is 1. The zero-order valence-corrected chi connectivity index (χ0v) is 18.4. The van der Waals surface area contributed by atoms with Crippen molar-refractivity contribution in [3.8, 4) is 16.2 Å². The van der Waals surface area contributed by atoms with Crippen molar-refractivity contribution in [2.75, 3.05) is 0 Å². The molecule has 1 N–H and O–H groups in total. The first-order valence-corrected chi connectivity index (χ1v) is 10.9. The fraction of sp³-hybridized carbons (Fsp3) is 0.565. The van der Waals surface area contributed by atoms with Crippen molar-refractivity contribution in [2.45, 2.75) is 82.9 Å². The number of benzene rings is 1. The van der Waals surface area contributed by atoms with E-state index < -0.39 is 0 Å². The molecule has 1 heterocycles. The highest BCUT2D eigenvalue weighted by Crippen LogP contribution is 2.45. The van der Waals surface area contributed by atoms with Crippen LogP contribution in [0.15, 0.2) is 23.6 Å². The van der Waals surface area contributed by atoms with Gasteiger partial charge in [0, 0.05) is 27.3 Å². The maximum atomic E-state index is 10.9. The summed E-state index contributed by atoms with van der Waals surface area (Å²) in [6.45, 7) is 13.0. The predicted octanol–water partition coefficient (Wildman–Crippen LogP) is 7.59. The van der Waals surface area contributed by atoms with Crippen LogP contribution in [0.2, 0.25) is 0 Å². The minimum absolute atomic E-state index is 0.104. The van der Waals surface area contributed by atoms with Crippen molar-refractivity contribution in [1.29, 1.82) is 0 Å². The van der Waals surface area contributed by atoms with Crippen molar-refractivity contribution in [1.82, 2.24) is 0 Å². The number of rotatable bonds is 2. The number of alkyl halides is 1. The standard InChI is InChI=1S/C23H31ClOS/c1-22(2,3)17-10-14(11-18(21(17)25)23(4,5)6)20-12-15(13-26-20)16-8-7-9-19(16)24/h10-13,16,19,25H,7-9H2,1-6H3. The van der Waals surface area contributed by atoms with Crippen LogP contribution in [-0.4, -0.2) is 10.5 Å². The molecule has 1 saturated carbocycles. The van der Waals surface area contributed by atoms with Gasteiger partial charge in [0.15, 0.2) is 0 Å². The van der Waals surface area contributed by atoms with Crippen LogP contribution in [0.1, 0.15) is 83.4 Å². The molecule has 1 aromatic carbocycles. The lowest BCUT2D eigenvalue weighted by molar-refractivity contribution is 0.423. The van der Waals surface area contributed by atoms with Crippen LogP contribution in [0.3, 0.4) is 0 Å². The molecule has 142 valence electrons. The Labute approximate surface area is 167 Å². The van der Waals surface area contributed by atoms with Gasteiger partial charge in [-0.3, -0.25) is 0 Å². The SMILES string of the molecule is CC(C)(C)c1cc(-c2cc(C3CCCC3Cl)cs2)cc(C(C)(C)C)c1O. The summed E-state index contributed by atoms with van der Waals surface area (Å²) in [5, 5.41) is 13.5. The Morgan fingerprint density at radius 1 is 0.962 bits per heavy atom. The first-order chi connectivity index (χ1) is 12.0. The molecule has 0 spiro atoms. The number of hydrogen-bond donors (Lipinski definition) is 1. The molecule has 2 unspecified atom stereocenters. The van der Waals surface area contributed by atoms with Crippen molar-refractivity contribution >= 4 is 22.9 Å². The highest BCUT2D eigenvalue weighted by atomic mass is 35.5. The first kappa shape index (κ1) is 19.8. The van der Waals surface area contributed by atoms with E-state index in [9.17, 15) is 5.11 Å². The fourth-order valence-electron chi connectivity index (χ4n) is 3.91. The molecule has 2 atom stereocenters. The van der Waals surface area contributed by atoms with Gasteiger partial charge < -0.3 is 5.11 Å². The molecular formula is C23H31ClOS. The summed E-state index contributed by atoms with van der Waals surface area (Å²) in [4.78, 5) is 1.27. The van der Waals surface area contributed by atoms with E-state index in [0.29, 0.717) is 11.7 Å². The number of phenols is 1. The molecule has 0 aliphatic heterocycles. The molecule has 26 heavy (non-hydrogen) atoms. The molecule has 3 heteroatoms. The Kier molecular flexibility index (Phi) is 5.22. The molecule has 2 aromatic rings. The molecule has 0 bridgehead atoms. The topological polar surface area (TPSA) is 20.2 Å². The van der Waals surface area contributed by atoms with Crippen molar-refractivity contribution in [2.24, 2.45) is 0 Å². The molecule has 1 nitrogen and oxygen atoms in total. The highest BCUT2D eigenvalue weighted by molar-refractivity contribution is 7.13. The summed E-state index contributed by atoms with van der Waals surface area (Å²) in [5.41, 5.74) is 4.42. The van der Waals surface area contributed by atoms with Crippen LogP contribution in [0.25, 0.3) is 10.4 Å². The Hall–Kier alpha value is -0.990. The van der Waals surface area contributed by atoms with Gasteiger partial charge in [-0.2, -0.15) is 0 Å². The summed E-state index contributed by atoms with van der Waals surface area (Å²) in [7, 11) is 0. The highest BCUT2D eigenvalue weighted by Gasteiger charge is 2.29. The Balaban J connectivity index is 2.09. The molecule has 0 amide bonds. The lowest BCUT2D eigenvalue weighted by atomic mass is 9.78. The monoisotopic (exact) mass is 390 g/mol. The van der Waals surface area contributed by atoms with Crippen LogP contribution in [0.4, 0.5) is 0 Å². The van der Waals surface area contributed by atoms with E-state index in [1.165, 1.54) is 28.8 Å². The normalized spacial score (nSPS) is 21.3. The van der Waals surface area contributed by atoms with Crippen LogP contribution >= 0.6 is 22.9 Å². The van der Waals surface area contributed by atoms with E-state index in [0.717, 1.165) is 17.5 Å². The zero-order valence-electron chi connectivity index (χ0n) is 16.8. The quantitative estimate of drug-likeness (QED) is 0.523. The van der Waals surface area contributed by atoms with E-state index >= 15 is 0 Å². The zero-order chi connectivity index (χ0) is 19.3. The van der Waals surface area contributed by atoms with E-state index in [4.69, 9.17) is 11.6 Å². The Morgan fingerprint density at radius 3 is 2.00 bits per heavy atom. The average Bonchev–Trinajstić information content (AvgIpc) is 3.13. The molecule has 1 fully saturated rings. The summed E-state index contributed by atoms with van der Waals surface area (Å²) < 4.78 is 0. The van der Waals surface area contributed by atoms with Gasteiger partial charge in [-0.15, -0.1) is 22.9 Å². The third kappa shape index (κ3) is 3.82. The molecule has 0 saturated heterocycles. The van der Waals surface area contributed by atoms with Crippen molar-refractivity contribution in [3.05, 3.63) is 40.3 Å². The lowest BCUT2D eigenvalue weighted by Gasteiger charge is -2.28. The number of hydrogen-bond acceptors (Lipinski definition) is 2. The van der Waals surface area contributed by atoms with E-state index in [1.807, 2.05) is 0 Å². The minimum Gasteiger partial charge on any atom is -0.507 e. The van der Waals surface area contributed by atoms with E-state index in [2.05, 4.69) is 65.1 Å². The molecule has 1 aliphatic carbocycles. The van der Waals surface area contributed by atoms with Crippen molar-refractivity contribution < 1.29 is 5.11 Å². The second-order valence-electron chi connectivity index (χ2n) is 9.72. The molecule has 1 aromatic heterocycles. The number of phenolic OH excluding ortho intramolecular Hbond substituents is 1. The van der Waals surface area contributed by atoms with Gasteiger partial charge in [0.2, 0.25) is 0 Å². The Morgan fingerprint density at radius 2 is 1.54 bits per heavy atom. The van der Waals surface area contributed by atoms with Gasteiger partial charge >= 0.3 is 0 Å². The van der Waals surface area contributed by atoms with Gasteiger partial charge in [-0.25, -0.2) is 0 Å². The molecule has 0 radical (unpaired) electrons. The first-order valence-electron chi connectivity index (χ1n) is 9.59. The van der Waals surface area contributed by atoms with Crippen LogP contribution in [0, 0.1) is 0 Å². The van der Waals surface area contributed by atoms with E-state index in [1.54, 1.807) is 11.3 Å². The van der Waals surface area contributed by atoms with Crippen LogP contribution in [-0.2, 0) is 10.8 Å². The summed E-state index contributed by atoms with van der Waals surface area (Å²) in [5.74, 6) is 0.935. The smallest absolute Gasteiger partial charge is 0.123 e. The van der Waals surface area contributed by atoms with Gasteiger partial charge in [-0.05, 0) is 58.4 Å². The maximum absolute atomic E-state index is 10.9. The largest absolute Gasteiger partial charge is 0.507 e. The molecular weight excluding hydrogens is 360 g/mol. The number of aromatic hydroxyl groups is 1. The summed E-state index contributed by atoms with van der Waals surface area (Å²) >= 11 is 8.33. The predicted molar refractivity (Wildman–Crippen MR) is 115 cm³/mol. The summed E-state index contributed by atoms with van der Waals surface area (Å²) in [6, 6.07) is 6.67. The maximum Gasteiger partial charge on any atom is 0.123 e. The van der Waals surface area contributed by atoms with Crippen molar-refractivity contribution in [3.63, 3.8) is 0 Å². The molecule has 1 aliphatic rings. The summed E-state index contributed by atoms with van der Waals surface area (Å²) in [6.07, 6.45) is 3.55. The van der Waals surface area contributed by atoms with Crippen LogP contribution in [0.5, 0.6) is 5.75 Å². The van der Waals surface area contributed by atoms with Gasteiger partial charge in [0.1, 0.15) is 5.75 Å². The third-order valence-corrected chi connectivity index (χ3v) is 7.01. The third-order valence-electron chi connectivity index (χ3n) is 5.49. The van der Waals surface area contributed by atoms with Crippen LogP contribution < -0.4 is 0 Å². The van der Waals surface area contributed by atoms with E-state index in [-0.39, 0.29) is 16.2 Å². The second-order valence-corrected chi connectivity index (χ2v) is 11.2. The van der Waals surface area contributed by atoms with Gasteiger partial charge in [-0.1, -0.05) is 48.0 Å². The molecule has 3 rings (SSSR count). The second kappa shape index (κ2) is 6.87. The minimum atomic E-state index is -0.104.